The van der Waals surface area contributed by atoms with Crippen LogP contribution in [0.25, 0.3) is 0 Å². The molecule has 0 radical (unpaired) electrons. The second-order valence-corrected chi connectivity index (χ2v) is 19.8. The summed E-state index contributed by atoms with van der Waals surface area (Å²) in [5, 5.41) is -0.0907. The minimum atomic E-state index is -4.24. The average Bonchev–Trinajstić information content (AvgIpc) is 2.82. The molecule has 0 aliphatic carbocycles. The van der Waals surface area contributed by atoms with Gasteiger partial charge in [0.1, 0.15) is 17.4 Å². The van der Waals surface area contributed by atoms with Gasteiger partial charge in [0, 0.05) is 25.1 Å². The predicted octanol–water partition coefficient (Wildman–Crippen LogP) is 6.68. The number of hydrogen-bond acceptors (Lipinski definition) is 5. The first-order valence-corrected chi connectivity index (χ1v) is 18.2. The maximum Gasteiger partial charge on any atom is 0.257 e. The number of hydrogen-bond donors (Lipinski definition) is 1. The maximum absolute atomic E-state index is 14.7. The Morgan fingerprint density at radius 1 is 1.15 bits per heavy atom. The van der Waals surface area contributed by atoms with Crippen LogP contribution in [0.3, 0.4) is 0 Å². The second-order valence-electron chi connectivity index (χ2n) is 12.9. The van der Waals surface area contributed by atoms with Crippen LogP contribution in [-0.4, -0.2) is 53.0 Å². The molecule has 1 amide bonds. The van der Waals surface area contributed by atoms with Crippen molar-refractivity contribution in [2.45, 2.75) is 88.6 Å². The molecular weight excluding hydrogens is 571 g/mol. The molecule has 1 aliphatic heterocycles. The zero-order chi connectivity index (χ0) is 30.1. The summed E-state index contributed by atoms with van der Waals surface area (Å²) >= 11 is 6.24. The molecule has 11 heteroatoms. The lowest BCUT2D eigenvalue weighted by Gasteiger charge is -2.43. The molecule has 0 aromatic heterocycles. The Labute approximate surface area is 244 Å². The molecule has 1 atom stereocenters. The average molecular weight is 613 g/mol. The van der Waals surface area contributed by atoms with Crippen LogP contribution in [-0.2, 0) is 24.8 Å². The van der Waals surface area contributed by atoms with Crippen LogP contribution in [0.4, 0.5) is 4.39 Å². The van der Waals surface area contributed by atoms with Gasteiger partial charge in [-0.25, -0.2) is 17.5 Å². The number of nitrogens with zero attached hydrogens (tertiary/aromatic N) is 1. The van der Waals surface area contributed by atoms with Crippen molar-refractivity contribution in [2.24, 2.45) is 0 Å². The topological polar surface area (TPSA) is 84.9 Å². The highest BCUT2D eigenvalue weighted by Crippen LogP contribution is 2.40. The quantitative estimate of drug-likeness (QED) is 0.336. The summed E-state index contributed by atoms with van der Waals surface area (Å²) in [6.07, 6.45) is 1.11. The van der Waals surface area contributed by atoms with Crippen LogP contribution in [0, 0.1) is 5.82 Å². The summed E-state index contributed by atoms with van der Waals surface area (Å²) < 4.78 is 55.7. The van der Waals surface area contributed by atoms with E-state index in [0.717, 1.165) is 17.7 Å². The van der Waals surface area contributed by atoms with Crippen LogP contribution in [0.1, 0.15) is 70.3 Å². The Morgan fingerprint density at radius 2 is 1.77 bits per heavy atom. The third-order valence-electron chi connectivity index (χ3n) is 7.63. The number of carbonyl (C=O) groups is 1. The predicted molar refractivity (Wildman–Crippen MR) is 159 cm³/mol. The molecule has 0 saturated carbocycles. The monoisotopic (exact) mass is 612 g/mol. The molecule has 1 heterocycles. The number of carbonyl (C=O) groups excluding carboxylic acids is 1. The van der Waals surface area contributed by atoms with Crippen molar-refractivity contribution < 1.29 is 26.8 Å². The molecular formula is C29H42ClFN2O5SSi. The first kappa shape index (κ1) is 32.7. The summed E-state index contributed by atoms with van der Waals surface area (Å²) in [6, 6.07) is 11.7. The molecule has 2 aromatic rings. The maximum atomic E-state index is 14.7. The van der Waals surface area contributed by atoms with E-state index in [9.17, 15) is 17.6 Å². The SMILES string of the molecule is CC(C)(C)NS(=O)(=O)c1cc(C(=O)N2CCC(CCO[Si](C)(C)C(C)(C)C)(c3ccccc3)OC2)c(Cl)cc1F. The van der Waals surface area contributed by atoms with E-state index in [0.29, 0.717) is 26.0 Å². The van der Waals surface area contributed by atoms with Crippen LogP contribution in [0.15, 0.2) is 47.4 Å². The van der Waals surface area contributed by atoms with Gasteiger partial charge in [-0.3, -0.25) is 4.79 Å². The lowest BCUT2D eigenvalue weighted by Crippen LogP contribution is -2.48. The first-order valence-electron chi connectivity index (χ1n) is 13.4. The van der Waals surface area contributed by atoms with Gasteiger partial charge >= 0.3 is 0 Å². The van der Waals surface area contributed by atoms with Crippen molar-refractivity contribution in [3.8, 4) is 0 Å². The van der Waals surface area contributed by atoms with Gasteiger partial charge in [-0.2, -0.15) is 0 Å². The molecule has 2 aromatic carbocycles. The molecule has 0 bridgehead atoms. The highest BCUT2D eigenvalue weighted by Gasteiger charge is 2.42. The third kappa shape index (κ3) is 7.52. The largest absolute Gasteiger partial charge is 0.417 e. The van der Waals surface area contributed by atoms with E-state index in [1.54, 1.807) is 20.8 Å². The van der Waals surface area contributed by atoms with Crippen molar-refractivity contribution in [1.82, 2.24) is 9.62 Å². The Morgan fingerprint density at radius 3 is 2.30 bits per heavy atom. The zero-order valence-corrected chi connectivity index (χ0v) is 27.3. The van der Waals surface area contributed by atoms with Crippen molar-refractivity contribution in [2.75, 3.05) is 19.9 Å². The molecule has 0 spiro atoms. The number of rotatable bonds is 8. The van der Waals surface area contributed by atoms with E-state index in [1.165, 1.54) is 4.90 Å². The molecule has 1 aliphatic rings. The van der Waals surface area contributed by atoms with Crippen molar-refractivity contribution in [3.63, 3.8) is 0 Å². The highest BCUT2D eigenvalue weighted by atomic mass is 35.5. The smallest absolute Gasteiger partial charge is 0.257 e. The minimum Gasteiger partial charge on any atom is -0.417 e. The second kappa shape index (κ2) is 11.8. The minimum absolute atomic E-state index is 0.0378. The third-order valence-corrected chi connectivity index (χ3v) is 14.3. The molecule has 1 N–H and O–H groups in total. The lowest BCUT2D eigenvalue weighted by atomic mass is 9.86. The van der Waals surface area contributed by atoms with Crippen LogP contribution >= 0.6 is 11.6 Å². The van der Waals surface area contributed by atoms with Crippen molar-refractivity contribution in [3.05, 3.63) is 64.4 Å². The molecule has 1 saturated heterocycles. The summed E-state index contributed by atoms with van der Waals surface area (Å²) in [6.45, 7) is 16.8. The van der Waals surface area contributed by atoms with E-state index in [-0.39, 0.29) is 22.4 Å². The fourth-order valence-electron chi connectivity index (χ4n) is 4.34. The Balaban J connectivity index is 1.83. The normalized spacial score (nSPS) is 19.1. The Hall–Kier alpha value is -1.82. The van der Waals surface area contributed by atoms with Gasteiger partial charge < -0.3 is 14.1 Å². The van der Waals surface area contributed by atoms with Gasteiger partial charge in [-0.05, 0) is 63.0 Å². The number of amides is 1. The molecule has 222 valence electrons. The van der Waals surface area contributed by atoms with E-state index in [4.69, 9.17) is 20.8 Å². The summed E-state index contributed by atoms with van der Waals surface area (Å²) in [4.78, 5) is 14.3. The number of benzene rings is 2. The van der Waals surface area contributed by atoms with Gasteiger partial charge in [-0.1, -0.05) is 62.7 Å². The first-order chi connectivity index (χ1) is 18.3. The summed E-state index contributed by atoms with van der Waals surface area (Å²) in [5.74, 6) is -1.56. The molecule has 1 unspecified atom stereocenters. The fraction of sp³-hybridized carbons (Fsp3) is 0.552. The Bertz CT molecular complexity index is 1320. The zero-order valence-electron chi connectivity index (χ0n) is 24.7. The van der Waals surface area contributed by atoms with E-state index in [1.807, 2.05) is 30.3 Å². The number of nitrogens with one attached hydrogen (secondary N) is 1. The number of sulfonamides is 1. The fourth-order valence-corrected chi connectivity index (χ4v) is 7.12. The van der Waals surface area contributed by atoms with Gasteiger partial charge in [0.2, 0.25) is 10.0 Å². The van der Waals surface area contributed by atoms with Gasteiger partial charge in [0.15, 0.2) is 8.32 Å². The summed E-state index contributed by atoms with van der Waals surface area (Å²) in [5.41, 5.74) is -0.597. The number of ether oxygens (including phenoxy) is 1. The van der Waals surface area contributed by atoms with E-state index >= 15 is 0 Å². The molecule has 40 heavy (non-hydrogen) atoms. The van der Waals surface area contributed by atoms with Gasteiger partial charge in [0.05, 0.1) is 16.2 Å². The van der Waals surface area contributed by atoms with E-state index < -0.39 is 46.1 Å². The van der Waals surface area contributed by atoms with Crippen LogP contribution in [0.5, 0.6) is 0 Å². The number of halogens is 2. The van der Waals surface area contributed by atoms with Crippen LogP contribution < -0.4 is 4.72 Å². The van der Waals surface area contributed by atoms with Crippen molar-refractivity contribution >= 4 is 35.8 Å². The Kier molecular flexibility index (Phi) is 9.65. The highest BCUT2D eigenvalue weighted by molar-refractivity contribution is 7.89. The lowest BCUT2D eigenvalue weighted by molar-refractivity contribution is -0.139. The molecule has 3 rings (SSSR count). The van der Waals surface area contributed by atoms with Crippen LogP contribution in [0.2, 0.25) is 23.2 Å². The standard InChI is InChI=1S/C29H42ClFN2O5SSi/c1-27(2,3)32-39(35,36)25-18-22(23(30)19-24(25)31)26(34)33-16-14-29(37-20-33,21-12-10-9-11-13-21)15-17-38-40(7,8)28(4,5)6/h9-13,18-19,32H,14-17,20H2,1-8H3. The van der Waals surface area contributed by atoms with E-state index in [2.05, 4.69) is 38.6 Å². The molecule has 7 nitrogen and oxygen atoms in total. The summed E-state index contributed by atoms with van der Waals surface area (Å²) in [7, 11) is -6.20. The molecule has 1 fully saturated rings. The van der Waals surface area contributed by atoms with Crippen molar-refractivity contribution in [1.29, 1.82) is 0 Å². The van der Waals surface area contributed by atoms with Gasteiger partial charge in [-0.15, -0.1) is 0 Å². The van der Waals surface area contributed by atoms with Gasteiger partial charge in [0.25, 0.3) is 5.91 Å².